The number of nitrogens with zero attached hydrogens (tertiary/aromatic N) is 2. The lowest BCUT2D eigenvalue weighted by molar-refractivity contribution is -0.432. The fourth-order valence-corrected chi connectivity index (χ4v) is 7.69. The molecule has 2 heterocycles. The zero-order valence-corrected chi connectivity index (χ0v) is 29.6. The maximum Gasteiger partial charge on any atom is 0.294 e. The first-order chi connectivity index (χ1) is 22.5. The smallest absolute Gasteiger partial charge is 0.294 e. The minimum atomic E-state index is -4.33. The van der Waals surface area contributed by atoms with Crippen molar-refractivity contribution in [1.29, 1.82) is 0 Å². The quantitative estimate of drug-likeness (QED) is 0.125. The minimum absolute atomic E-state index is 0.120. The summed E-state index contributed by atoms with van der Waals surface area (Å²) in [5.41, 5.74) is 6.98. The summed E-state index contributed by atoms with van der Waals surface area (Å²) >= 11 is 0. The van der Waals surface area contributed by atoms with E-state index >= 15 is 0 Å². The van der Waals surface area contributed by atoms with Gasteiger partial charge in [-0.15, -0.1) is 0 Å². The first kappa shape index (κ1) is 35.2. The number of fused-ring (bicyclic) bond motifs is 2. The average molecular weight is 688 g/mol. The van der Waals surface area contributed by atoms with Crippen LogP contribution in [0.3, 0.4) is 0 Å². The SMILES string of the molecule is CCN1/C(=C/C=C/C(=C/C=C/C2=[N+](CCS(=O)(=O)O)c3ccccc3C2(C)C)Cc2ccccc2)C(C)(C)c2cc(S(=O)(=O)O)ccc21. The Morgan fingerprint density at radius 2 is 1.54 bits per heavy atom. The van der Waals surface area contributed by atoms with Crippen molar-refractivity contribution in [2.45, 2.75) is 56.8 Å². The molecule has 0 saturated carbocycles. The Morgan fingerprint density at radius 1 is 0.854 bits per heavy atom. The van der Waals surface area contributed by atoms with Crippen LogP contribution in [0.2, 0.25) is 0 Å². The van der Waals surface area contributed by atoms with Crippen LogP contribution in [0, 0.1) is 0 Å². The third-order valence-corrected chi connectivity index (χ3v) is 10.8. The van der Waals surface area contributed by atoms with Gasteiger partial charge in [0.1, 0.15) is 5.75 Å². The Hall–Kier alpha value is -4.09. The van der Waals surface area contributed by atoms with E-state index in [-0.39, 0.29) is 22.6 Å². The lowest BCUT2D eigenvalue weighted by Crippen LogP contribution is -2.29. The van der Waals surface area contributed by atoms with Gasteiger partial charge < -0.3 is 4.90 Å². The van der Waals surface area contributed by atoms with E-state index in [9.17, 15) is 25.9 Å². The monoisotopic (exact) mass is 687 g/mol. The molecule has 0 fully saturated rings. The van der Waals surface area contributed by atoms with E-state index in [1.807, 2.05) is 80.0 Å². The van der Waals surface area contributed by atoms with Gasteiger partial charge in [0.2, 0.25) is 5.69 Å². The van der Waals surface area contributed by atoms with Crippen molar-refractivity contribution >= 4 is 37.3 Å². The second-order valence-corrected chi connectivity index (χ2v) is 16.2. The first-order valence-electron chi connectivity index (χ1n) is 15.9. The number of hydrogen-bond donors (Lipinski definition) is 2. The van der Waals surface area contributed by atoms with Gasteiger partial charge in [0.15, 0.2) is 12.3 Å². The average Bonchev–Trinajstić information content (AvgIpc) is 3.37. The molecule has 2 aliphatic rings. The summed E-state index contributed by atoms with van der Waals surface area (Å²) < 4.78 is 68.3. The Kier molecular flexibility index (Phi) is 9.86. The molecule has 10 heteroatoms. The van der Waals surface area contributed by atoms with Crippen LogP contribution in [-0.4, -0.2) is 55.1 Å². The molecule has 0 aliphatic carbocycles. The molecule has 0 unspecified atom stereocenters. The summed E-state index contributed by atoms with van der Waals surface area (Å²) in [5, 5.41) is 0. The second kappa shape index (κ2) is 13.4. The van der Waals surface area contributed by atoms with Gasteiger partial charge in [0, 0.05) is 41.1 Å². The molecule has 8 nitrogen and oxygen atoms in total. The van der Waals surface area contributed by atoms with Gasteiger partial charge in [-0.05, 0) is 68.2 Å². The van der Waals surface area contributed by atoms with E-state index in [2.05, 4.69) is 55.2 Å². The predicted molar refractivity (Wildman–Crippen MR) is 193 cm³/mol. The number of benzene rings is 3. The van der Waals surface area contributed by atoms with E-state index in [1.54, 1.807) is 12.1 Å². The molecule has 0 aromatic heterocycles. The van der Waals surface area contributed by atoms with Crippen LogP contribution in [-0.2, 0) is 37.5 Å². The second-order valence-electron chi connectivity index (χ2n) is 13.2. The van der Waals surface area contributed by atoms with Crippen LogP contribution in [0.15, 0.2) is 125 Å². The van der Waals surface area contributed by atoms with Gasteiger partial charge in [0.05, 0.1) is 10.3 Å². The first-order valence-corrected chi connectivity index (χ1v) is 19.0. The molecule has 3 aromatic carbocycles. The molecule has 0 spiro atoms. The molecule has 2 aliphatic heterocycles. The molecule has 0 atom stereocenters. The van der Waals surface area contributed by atoms with Crippen molar-refractivity contribution in [1.82, 2.24) is 0 Å². The fraction of sp³-hybridized carbons (Fsp3) is 0.289. The van der Waals surface area contributed by atoms with Crippen LogP contribution in [0.25, 0.3) is 0 Å². The molecular formula is C38H43N2O6S2+. The normalized spacial score (nSPS) is 18.4. The lowest BCUT2D eigenvalue weighted by Gasteiger charge is -2.25. The summed E-state index contributed by atoms with van der Waals surface area (Å²) in [6.07, 6.45) is 12.9. The number of likely N-dealkylation sites (N-methyl/N-ethyl adjacent to an activating group) is 1. The summed E-state index contributed by atoms with van der Waals surface area (Å²) in [4.78, 5) is 2.04. The minimum Gasteiger partial charge on any atom is -0.344 e. The number of anilines is 1. The Morgan fingerprint density at radius 3 is 2.21 bits per heavy atom. The number of para-hydroxylation sites is 1. The van der Waals surface area contributed by atoms with Crippen molar-refractivity contribution in [3.05, 3.63) is 137 Å². The summed E-state index contributed by atoms with van der Waals surface area (Å²) in [5.74, 6) is -0.382. The van der Waals surface area contributed by atoms with E-state index in [0.717, 1.165) is 45.0 Å². The van der Waals surface area contributed by atoms with Crippen molar-refractivity contribution in [2.75, 3.05) is 23.7 Å². The zero-order valence-electron chi connectivity index (χ0n) is 28.0. The molecule has 0 amide bonds. The third-order valence-electron chi connectivity index (χ3n) is 9.23. The largest absolute Gasteiger partial charge is 0.344 e. The molecule has 0 saturated heterocycles. The van der Waals surface area contributed by atoms with Gasteiger partial charge in [-0.3, -0.25) is 9.11 Å². The zero-order chi connectivity index (χ0) is 34.9. The van der Waals surface area contributed by atoms with E-state index in [0.29, 0.717) is 13.0 Å². The maximum atomic E-state index is 11.9. The van der Waals surface area contributed by atoms with Crippen LogP contribution < -0.4 is 4.90 Å². The van der Waals surface area contributed by atoms with Crippen LogP contribution in [0.1, 0.15) is 51.3 Å². The highest BCUT2D eigenvalue weighted by atomic mass is 32.2. The van der Waals surface area contributed by atoms with Crippen molar-refractivity contribution in [3.8, 4) is 0 Å². The van der Waals surface area contributed by atoms with Crippen LogP contribution >= 0.6 is 0 Å². The highest BCUT2D eigenvalue weighted by Crippen LogP contribution is 2.48. The molecule has 48 heavy (non-hydrogen) atoms. The topological polar surface area (TPSA) is 115 Å². The van der Waals surface area contributed by atoms with Crippen molar-refractivity contribution in [2.24, 2.45) is 0 Å². The molecule has 2 N–H and O–H groups in total. The standard InChI is InChI=1S/C38H42N2O6S2/c1-6-39-34-23-22-30(48(44,45)46)27-32(34)38(4,5)35(39)20-12-16-29(26-28-14-8-7-9-15-28)17-13-21-36-37(2,3)31-18-10-11-19-33(31)40(36)24-25-47(41,42)43/h7-23,27H,6,24-26H2,1-5H3,(H-,41,42,43,44,45,46)/p+1. The van der Waals surface area contributed by atoms with E-state index in [4.69, 9.17) is 0 Å². The third kappa shape index (κ3) is 7.32. The van der Waals surface area contributed by atoms with E-state index < -0.39 is 25.7 Å². The number of rotatable bonds is 11. The fourth-order valence-electron chi connectivity index (χ4n) is 6.77. The van der Waals surface area contributed by atoms with Gasteiger partial charge in [0.25, 0.3) is 20.2 Å². The molecule has 252 valence electrons. The lowest BCUT2D eigenvalue weighted by atomic mass is 9.81. The summed E-state index contributed by atoms with van der Waals surface area (Å²) in [7, 11) is -8.48. The molecule has 0 bridgehead atoms. The van der Waals surface area contributed by atoms with Crippen molar-refractivity contribution < 1.29 is 30.5 Å². The summed E-state index contributed by atoms with van der Waals surface area (Å²) in [6.45, 7) is 11.2. The van der Waals surface area contributed by atoms with Crippen molar-refractivity contribution in [3.63, 3.8) is 0 Å². The Bertz CT molecular complexity index is 2090. The van der Waals surface area contributed by atoms with Gasteiger partial charge in [-0.2, -0.15) is 21.4 Å². The van der Waals surface area contributed by atoms with E-state index in [1.165, 1.54) is 6.07 Å². The number of hydrogen-bond acceptors (Lipinski definition) is 5. The van der Waals surface area contributed by atoms with Crippen LogP contribution in [0.4, 0.5) is 11.4 Å². The molecular weight excluding hydrogens is 645 g/mol. The maximum absolute atomic E-state index is 11.9. The van der Waals surface area contributed by atoms with Gasteiger partial charge in [-0.1, -0.05) is 86.7 Å². The molecule has 3 aromatic rings. The highest BCUT2D eigenvalue weighted by Gasteiger charge is 2.44. The van der Waals surface area contributed by atoms with Crippen LogP contribution in [0.5, 0.6) is 0 Å². The Balaban J connectivity index is 1.51. The molecule has 5 rings (SSSR count). The highest BCUT2D eigenvalue weighted by molar-refractivity contribution is 7.86. The Labute approximate surface area is 284 Å². The van der Waals surface area contributed by atoms with Gasteiger partial charge in [-0.25, -0.2) is 0 Å². The molecule has 0 radical (unpaired) electrons. The van der Waals surface area contributed by atoms with Gasteiger partial charge >= 0.3 is 0 Å². The predicted octanol–water partition coefficient (Wildman–Crippen LogP) is 7.18. The summed E-state index contributed by atoms with van der Waals surface area (Å²) in [6, 6.07) is 22.8. The number of allylic oxidation sites excluding steroid dienone is 8.